The molecule has 0 aromatic heterocycles. The lowest BCUT2D eigenvalue weighted by Crippen LogP contribution is -2.30. The van der Waals surface area contributed by atoms with Gasteiger partial charge in [-0.3, -0.25) is 14.5 Å². The molecule has 122 valence electrons. The molecule has 24 heavy (non-hydrogen) atoms. The summed E-state index contributed by atoms with van der Waals surface area (Å²) in [5, 5.41) is 10.3. The molecule has 1 heterocycles. The fraction of sp³-hybridized carbons (Fsp3) is 0.158. The van der Waals surface area contributed by atoms with Crippen molar-refractivity contribution < 1.29 is 19.4 Å². The molecular weight excluding hydrogens is 306 g/mol. The summed E-state index contributed by atoms with van der Waals surface area (Å²) in [4.78, 5) is 25.8. The molecule has 5 nitrogen and oxygen atoms in total. The molecule has 1 unspecified atom stereocenters. The van der Waals surface area contributed by atoms with Crippen molar-refractivity contribution in [1.29, 1.82) is 0 Å². The Morgan fingerprint density at radius 1 is 1.08 bits per heavy atom. The Labute approximate surface area is 139 Å². The minimum Gasteiger partial charge on any atom is -0.501 e. The third kappa shape index (κ3) is 2.76. The summed E-state index contributed by atoms with van der Waals surface area (Å²) in [6.07, 6.45) is 0.151. The molecule has 2 aromatic carbocycles. The number of hydrogen-bond acceptors (Lipinski definition) is 4. The van der Waals surface area contributed by atoms with Crippen LogP contribution in [0.2, 0.25) is 0 Å². The van der Waals surface area contributed by atoms with Gasteiger partial charge in [0.05, 0.1) is 0 Å². The second-order valence-electron chi connectivity index (χ2n) is 5.36. The zero-order valence-corrected chi connectivity index (χ0v) is 13.2. The van der Waals surface area contributed by atoms with Crippen molar-refractivity contribution in [3.63, 3.8) is 0 Å². The third-order valence-corrected chi connectivity index (χ3v) is 3.82. The van der Waals surface area contributed by atoms with Crippen LogP contribution in [0.1, 0.15) is 24.9 Å². The zero-order valence-electron chi connectivity index (χ0n) is 13.2. The van der Waals surface area contributed by atoms with Crippen molar-refractivity contribution in [2.75, 3.05) is 4.90 Å². The van der Waals surface area contributed by atoms with Gasteiger partial charge in [-0.15, -0.1) is 0 Å². The number of rotatable bonds is 4. The van der Waals surface area contributed by atoms with Crippen molar-refractivity contribution in [1.82, 2.24) is 0 Å². The highest BCUT2D eigenvalue weighted by molar-refractivity contribution is 6.08. The maximum Gasteiger partial charge on any atom is 0.310 e. The first-order chi connectivity index (χ1) is 11.6. The number of benzene rings is 2. The maximum absolute atomic E-state index is 12.6. The lowest BCUT2D eigenvalue weighted by Gasteiger charge is -2.26. The molecule has 2 aromatic rings. The summed E-state index contributed by atoms with van der Waals surface area (Å²) in [6, 6.07) is 17.5. The smallest absolute Gasteiger partial charge is 0.310 e. The molecule has 1 aliphatic rings. The molecule has 0 radical (unpaired) electrons. The first kappa shape index (κ1) is 15.8. The van der Waals surface area contributed by atoms with Crippen LogP contribution in [0.15, 0.2) is 72.2 Å². The SMILES string of the molecule is CCC(=O)OC1=C(O)C(=O)N(c2ccccc2)C1c1ccccc1. The minimum atomic E-state index is -0.684. The van der Waals surface area contributed by atoms with Crippen molar-refractivity contribution >= 4 is 17.6 Å². The number of carbonyl (C=O) groups is 2. The van der Waals surface area contributed by atoms with E-state index in [1.807, 2.05) is 36.4 Å². The predicted molar refractivity (Wildman–Crippen MR) is 89.1 cm³/mol. The van der Waals surface area contributed by atoms with Gasteiger partial charge in [0.2, 0.25) is 5.76 Å². The second kappa shape index (κ2) is 6.58. The van der Waals surface area contributed by atoms with Crippen LogP contribution in [0.5, 0.6) is 0 Å². The van der Waals surface area contributed by atoms with Crippen molar-refractivity contribution in [3.8, 4) is 0 Å². The maximum atomic E-state index is 12.6. The first-order valence-corrected chi connectivity index (χ1v) is 7.70. The molecule has 5 heteroatoms. The number of anilines is 1. The molecule has 0 aliphatic carbocycles. The first-order valence-electron chi connectivity index (χ1n) is 7.70. The number of aliphatic hydroxyl groups excluding tert-OH is 1. The molecule has 3 rings (SSSR count). The lowest BCUT2D eigenvalue weighted by molar-refractivity contribution is -0.139. The van der Waals surface area contributed by atoms with Crippen molar-refractivity contribution in [2.24, 2.45) is 0 Å². The van der Waals surface area contributed by atoms with Crippen LogP contribution in [0.4, 0.5) is 5.69 Å². The van der Waals surface area contributed by atoms with E-state index in [0.29, 0.717) is 5.69 Å². The van der Waals surface area contributed by atoms with Crippen LogP contribution < -0.4 is 4.90 Å². The van der Waals surface area contributed by atoms with Gasteiger partial charge in [0.25, 0.3) is 5.91 Å². The van der Waals surface area contributed by atoms with Crippen LogP contribution in [0.25, 0.3) is 0 Å². The highest BCUT2D eigenvalue weighted by atomic mass is 16.5. The minimum absolute atomic E-state index is 0.0260. The molecule has 1 aliphatic heterocycles. The molecular formula is C19H17NO4. The quantitative estimate of drug-likeness (QED) is 0.875. The van der Waals surface area contributed by atoms with Gasteiger partial charge in [-0.25, -0.2) is 0 Å². The van der Waals surface area contributed by atoms with E-state index in [2.05, 4.69) is 0 Å². The van der Waals surface area contributed by atoms with Gasteiger partial charge in [0.15, 0.2) is 5.76 Å². The second-order valence-corrected chi connectivity index (χ2v) is 5.36. The van der Waals surface area contributed by atoms with Gasteiger partial charge in [0, 0.05) is 12.1 Å². The molecule has 1 amide bonds. The largest absolute Gasteiger partial charge is 0.501 e. The predicted octanol–water partition coefficient (Wildman–Crippen LogP) is 3.50. The molecule has 0 saturated heterocycles. The van der Waals surface area contributed by atoms with E-state index >= 15 is 0 Å². The normalized spacial score (nSPS) is 17.3. The zero-order chi connectivity index (χ0) is 17.1. The molecule has 1 atom stereocenters. The third-order valence-electron chi connectivity index (χ3n) is 3.82. The van der Waals surface area contributed by atoms with E-state index in [1.54, 1.807) is 31.2 Å². The molecule has 0 saturated carbocycles. The van der Waals surface area contributed by atoms with Gasteiger partial charge in [-0.1, -0.05) is 55.5 Å². The van der Waals surface area contributed by atoms with Gasteiger partial charge >= 0.3 is 5.97 Å². The van der Waals surface area contributed by atoms with Crippen LogP contribution in [-0.2, 0) is 14.3 Å². The molecule has 0 spiro atoms. The van der Waals surface area contributed by atoms with Gasteiger partial charge < -0.3 is 9.84 Å². The van der Waals surface area contributed by atoms with E-state index < -0.39 is 23.7 Å². The topological polar surface area (TPSA) is 66.8 Å². The number of para-hydroxylation sites is 1. The van der Waals surface area contributed by atoms with Gasteiger partial charge in [-0.05, 0) is 17.7 Å². The van der Waals surface area contributed by atoms with Gasteiger partial charge in [0.1, 0.15) is 6.04 Å². The number of aliphatic hydroxyl groups is 1. The molecule has 1 N–H and O–H groups in total. The highest BCUT2D eigenvalue weighted by Crippen LogP contribution is 2.40. The number of amides is 1. The van der Waals surface area contributed by atoms with E-state index in [4.69, 9.17) is 4.74 Å². The lowest BCUT2D eigenvalue weighted by atomic mass is 10.0. The number of ether oxygens (including phenoxy) is 1. The highest BCUT2D eigenvalue weighted by Gasteiger charge is 2.43. The van der Waals surface area contributed by atoms with Crippen molar-refractivity contribution in [3.05, 3.63) is 77.7 Å². The molecule has 0 bridgehead atoms. The summed E-state index contributed by atoms with van der Waals surface area (Å²) in [6.45, 7) is 1.66. The van der Waals surface area contributed by atoms with Crippen LogP contribution in [-0.4, -0.2) is 17.0 Å². The van der Waals surface area contributed by atoms with E-state index in [1.165, 1.54) is 4.90 Å². The van der Waals surface area contributed by atoms with E-state index in [-0.39, 0.29) is 12.2 Å². The summed E-state index contributed by atoms with van der Waals surface area (Å²) in [5.74, 6) is -1.65. The average Bonchev–Trinajstić information content (AvgIpc) is 2.88. The Bertz CT molecular complexity index is 784. The number of esters is 1. The van der Waals surface area contributed by atoms with Crippen LogP contribution in [0.3, 0.4) is 0 Å². The summed E-state index contributed by atoms with van der Waals surface area (Å²) < 4.78 is 5.29. The Hall–Kier alpha value is -3.08. The van der Waals surface area contributed by atoms with E-state index in [0.717, 1.165) is 5.56 Å². The summed E-state index contributed by atoms with van der Waals surface area (Å²) in [7, 11) is 0. The summed E-state index contributed by atoms with van der Waals surface area (Å²) >= 11 is 0. The van der Waals surface area contributed by atoms with Crippen molar-refractivity contribution in [2.45, 2.75) is 19.4 Å². The fourth-order valence-corrected chi connectivity index (χ4v) is 2.67. The van der Waals surface area contributed by atoms with Gasteiger partial charge in [-0.2, -0.15) is 0 Å². The number of nitrogens with zero attached hydrogens (tertiary/aromatic N) is 1. The standard InChI is InChI=1S/C19H17NO4/c1-2-15(21)24-18-16(13-9-5-3-6-10-13)20(19(23)17(18)22)14-11-7-4-8-12-14/h3-12,16,22H,2H2,1H3. The Morgan fingerprint density at radius 3 is 2.25 bits per heavy atom. The number of hydrogen-bond donors (Lipinski definition) is 1. The Morgan fingerprint density at radius 2 is 1.67 bits per heavy atom. The Kier molecular flexibility index (Phi) is 4.33. The number of carbonyl (C=O) groups excluding carboxylic acids is 2. The Balaban J connectivity index is 2.10. The van der Waals surface area contributed by atoms with Crippen LogP contribution in [0, 0.1) is 0 Å². The fourth-order valence-electron chi connectivity index (χ4n) is 2.67. The van der Waals surface area contributed by atoms with E-state index in [9.17, 15) is 14.7 Å². The van der Waals surface area contributed by atoms with Crippen LogP contribution >= 0.6 is 0 Å². The monoisotopic (exact) mass is 323 g/mol. The summed E-state index contributed by atoms with van der Waals surface area (Å²) in [5.41, 5.74) is 1.36. The average molecular weight is 323 g/mol. The molecule has 0 fully saturated rings.